The van der Waals surface area contributed by atoms with E-state index >= 15 is 0 Å². The summed E-state index contributed by atoms with van der Waals surface area (Å²) in [6.07, 6.45) is 8.71. The Bertz CT molecular complexity index is 2720. The summed E-state index contributed by atoms with van der Waals surface area (Å²) in [7, 11) is -8.18. The van der Waals surface area contributed by atoms with Crippen LogP contribution in [0.25, 0.3) is 21.5 Å². The van der Waals surface area contributed by atoms with Crippen LogP contribution in [0.3, 0.4) is 0 Å². The van der Waals surface area contributed by atoms with Crippen LogP contribution in [0, 0.1) is 5.92 Å². The maximum atomic E-state index is 14.3. The second-order valence-electron chi connectivity index (χ2n) is 16.9. The lowest BCUT2D eigenvalue weighted by Crippen LogP contribution is -2.29. The minimum absolute atomic E-state index is 0.125. The summed E-state index contributed by atoms with van der Waals surface area (Å²) in [6, 6.07) is 23.8. The number of allylic oxidation sites excluding steroid dienone is 8. The van der Waals surface area contributed by atoms with E-state index in [1.807, 2.05) is 74.5 Å². The molecule has 1 aliphatic heterocycles. The first-order chi connectivity index (χ1) is 28.7. The molecule has 61 heavy (non-hydrogen) atoms. The summed E-state index contributed by atoms with van der Waals surface area (Å²) in [5.74, 6) is -2.69. The predicted octanol–water partition coefficient (Wildman–Crippen LogP) is 9.74. The summed E-state index contributed by atoms with van der Waals surface area (Å²) >= 11 is 7.12. The SMILES string of the molecule is CC(C)(C(=O)C=CC1=C(Cl)C(=CC=C2N(CCCCS(=O)(=O)O)c3ccc4ccccc4c3C2(C)C)CC(C(=O)O)C1)c1c(NCCCCS(=O)(=O)O)ccc2ccccc12. The fraction of sp³-hybridized carbons (Fsp3) is 0.362. The van der Waals surface area contributed by atoms with Gasteiger partial charge < -0.3 is 15.3 Å². The van der Waals surface area contributed by atoms with E-state index in [0.29, 0.717) is 47.8 Å². The van der Waals surface area contributed by atoms with E-state index < -0.39 is 43.0 Å². The molecule has 1 aliphatic carbocycles. The fourth-order valence-corrected chi connectivity index (χ4v) is 10.1. The first kappa shape index (κ1) is 45.7. The third-order valence-corrected chi connectivity index (χ3v) is 13.9. The van der Waals surface area contributed by atoms with Crippen molar-refractivity contribution in [2.75, 3.05) is 34.8 Å². The number of aliphatic carboxylic acids is 1. The Hall–Kier alpha value is -4.79. The second-order valence-corrected chi connectivity index (χ2v) is 20.5. The maximum Gasteiger partial charge on any atom is 0.307 e. The molecule has 4 N–H and O–H groups in total. The number of anilines is 2. The van der Waals surface area contributed by atoms with Gasteiger partial charge in [0.1, 0.15) is 0 Å². The second kappa shape index (κ2) is 18.3. The van der Waals surface area contributed by atoms with Crippen LogP contribution in [0.2, 0.25) is 0 Å². The number of nitrogens with one attached hydrogen (secondary N) is 1. The molecule has 11 nitrogen and oxygen atoms in total. The first-order valence-electron chi connectivity index (χ1n) is 20.4. The number of halogens is 1. The van der Waals surface area contributed by atoms with Gasteiger partial charge in [-0.2, -0.15) is 16.8 Å². The Morgan fingerprint density at radius 1 is 0.836 bits per heavy atom. The molecule has 4 aromatic carbocycles. The molecule has 0 fully saturated rings. The third-order valence-electron chi connectivity index (χ3n) is 11.8. The minimum atomic E-state index is -4.11. The largest absolute Gasteiger partial charge is 0.481 e. The molecule has 0 amide bonds. The number of hydrogen-bond donors (Lipinski definition) is 4. The average Bonchev–Trinajstić information content (AvgIpc) is 3.41. The van der Waals surface area contributed by atoms with E-state index in [2.05, 4.69) is 48.3 Å². The highest BCUT2D eigenvalue weighted by molar-refractivity contribution is 7.86. The lowest BCUT2D eigenvalue weighted by molar-refractivity contribution is -0.141. The van der Waals surface area contributed by atoms with Crippen molar-refractivity contribution < 1.29 is 40.6 Å². The van der Waals surface area contributed by atoms with Crippen molar-refractivity contribution in [2.45, 2.75) is 77.0 Å². The van der Waals surface area contributed by atoms with Crippen LogP contribution in [-0.2, 0) is 40.7 Å². The molecule has 0 aromatic heterocycles. The molecular formula is C47H53ClN2O9S2. The molecule has 6 rings (SSSR count). The number of carboxylic acid groups (broad SMARTS) is 1. The number of unbranched alkanes of at least 4 members (excludes halogenated alkanes) is 2. The smallest absolute Gasteiger partial charge is 0.307 e. The van der Waals surface area contributed by atoms with Crippen LogP contribution in [0.15, 0.2) is 119 Å². The van der Waals surface area contributed by atoms with Crippen molar-refractivity contribution in [3.8, 4) is 0 Å². The van der Waals surface area contributed by atoms with Crippen molar-refractivity contribution in [1.29, 1.82) is 0 Å². The molecule has 1 unspecified atom stereocenters. The van der Waals surface area contributed by atoms with Gasteiger partial charge in [-0.1, -0.05) is 98.3 Å². The van der Waals surface area contributed by atoms with Gasteiger partial charge in [0.05, 0.1) is 22.8 Å². The number of nitrogens with zero attached hydrogens (tertiary/aromatic N) is 1. The molecule has 0 saturated carbocycles. The van der Waals surface area contributed by atoms with E-state index in [9.17, 15) is 36.1 Å². The van der Waals surface area contributed by atoms with Crippen LogP contribution in [-0.4, -0.2) is 67.4 Å². The first-order valence-corrected chi connectivity index (χ1v) is 24.0. The van der Waals surface area contributed by atoms with E-state index in [4.69, 9.17) is 16.2 Å². The quantitative estimate of drug-likeness (QED) is 0.0451. The van der Waals surface area contributed by atoms with Crippen molar-refractivity contribution in [3.05, 3.63) is 130 Å². The third kappa shape index (κ3) is 10.5. The highest BCUT2D eigenvalue weighted by atomic mass is 35.5. The fourth-order valence-electron chi connectivity index (χ4n) is 8.69. The number of carboxylic acids is 1. The maximum absolute atomic E-state index is 14.3. The van der Waals surface area contributed by atoms with Crippen LogP contribution in [0.5, 0.6) is 0 Å². The Morgan fingerprint density at radius 3 is 2.10 bits per heavy atom. The Balaban J connectivity index is 1.34. The highest BCUT2D eigenvalue weighted by Crippen LogP contribution is 2.51. The van der Waals surface area contributed by atoms with E-state index in [0.717, 1.165) is 44.1 Å². The number of benzene rings is 4. The summed E-state index contributed by atoms with van der Waals surface area (Å²) in [5.41, 5.74) is 4.05. The average molecular weight is 890 g/mol. The highest BCUT2D eigenvalue weighted by Gasteiger charge is 2.41. The van der Waals surface area contributed by atoms with Gasteiger partial charge in [0, 0.05) is 40.6 Å². The van der Waals surface area contributed by atoms with Gasteiger partial charge in [-0.15, -0.1) is 0 Å². The van der Waals surface area contributed by atoms with Crippen molar-refractivity contribution >= 4 is 76.5 Å². The lowest BCUT2D eigenvalue weighted by atomic mass is 9.76. The van der Waals surface area contributed by atoms with Crippen molar-refractivity contribution in [2.24, 2.45) is 5.92 Å². The van der Waals surface area contributed by atoms with Gasteiger partial charge in [-0.3, -0.25) is 18.7 Å². The van der Waals surface area contributed by atoms with E-state index in [-0.39, 0.29) is 43.0 Å². The lowest BCUT2D eigenvalue weighted by Gasteiger charge is -2.28. The minimum Gasteiger partial charge on any atom is -0.481 e. The van der Waals surface area contributed by atoms with Gasteiger partial charge in [0.25, 0.3) is 20.2 Å². The summed E-state index contributed by atoms with van der Waals surface area (Å²) in [6.45, 7) is 8.81. The zero-order valence-electron chi connectivity index (χ0n) is 34.8. The topological polar surface area (TPSA) is 178 Å². The molecule has 1 heterocycles. The summed E-state index contributed by atoms with van der Waals surface area (Å²) in [4.78, 5) is 29.0. The molecule has 1 atom stereocenters. The molecule has 0 bridgehead atoms. The van der Waals surface area contributed by atoms with Gasteiger partial charge >= 0.3 is 5.97 Å². The number of fused-ring (bicyclic) bond motifs is 4. The molecule has 14 heteroatoms. The zero-order chi connectivity index (χ0) is 44.3. The molecule has 0 saturated heterocycles. The Kier molecular flexibility index (Phi) is 13.7. The molecular weight excluding hydrogens is 836 g/mol. The van der Waals surface area contributed by atoms with Crippen molar-refractivity contribution in [3.63, 3.8) is 0 Å². The molecule has 4 aromatic rings. The number of ketones is 1. The monoisotopic (exact) mass is 888 g/mol. The number of carbonyl (C=O) groups is 2. The predicted molar refractivity (Wildman–Crippen MR) is 245 cm³/mol. The number of carbonyl (C=O) groups excluding carboxylic acids is 1. The standard InChI is InChI=1S/C47H53ClN2O9S2/c1-46(2)40(50(26-10-12-28-61(57,58)59)39-22-18-32-14-6-8-16-37(32)43(39)46)23-19-33-29-35(45(52)53)30-34(44(33)48)20-24-41(51)47(3,4)42-36-15-7-5-13-31(36)17-21-38(42)49-25-9-11-27-60(54,55)56/h5-8,13-24,35,49H,9-12,25-30H2,1-4H3,(H,52,53)(H,54,55,56)(H,57,58,59). The molecule has 2 aliphatic rings. The Morgan fingerprint density at radius 2 is 1.44 bits per heavy atom. The van der Waals surface area contributed by atoms with Gasteiger partial charge in [-0.05, 0) is 120 Å². The van der Waals surface area contributed by atoms with Gasteiger partial charge in [-0.25, -0.2) is 0 Å². The van der Waals surface area contributed by atoms with Gasteiger partial charge in [0.2, 0.25) is 0 Å². The van der Waals surface area contributed by atoms with Crippen LogP contribution in [0.4, 0.5) is 11.4 Å². The zero-order valence-corrected chi connectivity index (χ0v) is 37.2. The molecule has 324 valence electrons. The van der Waals surface area contributed by atoms with E-state index in [1.54, 1.807) is 6.08 Å². The number of hydrogen-bond acceptors (Lipinski definition) is 8. The van der Waals surface area contributed by atoms with Crippen LogP contribution >= 0.6 is 11.6 Å². The summed E-state index contributed by atoms with van der Waals surface area (Å²) < 4.78 is 63.9. The Labute approximate surface area is 363 Å². The van der Waals surface area contributed by atoms with Crippen molar-refractivity contribution in [1.82, 2.24) is 0 Å². The van der Waals surface area contributed by atoms with E-state index in [1.165, 1.54) is 6.08 Å². The molecule has 0 spiro atoms. The normalized spacial score (nSPS) is 18.5. The number of rotatable bonds is 17. The van der Waals surface area contributed by atoms with Crippen LogP contribution < -0.4 is 10.2 Å². The molecule has 0 radical (unpaired) electrons. The van der Waals surface area contributed by atoms with Crippen LogP contribution in [0.1, 0.15) is 77.3 Å². The summed E-state index contributed by atoms with van der Waals surface area (Å²) in [5, 5.41) is 18.0. The van der Waals surface area contributed by atoms with Gasteiger partial charge in [0.15, 0.2) is 5.78 Å².